The van der Waals surface area contributed by atoms with Crippen LogP contribution in [0.15, 0.2) is 12.7 Å². The summed E-state index contributed by atoms with van der Waals surface area (Å²) in [6.45, 7) is 5.49. The van der Waals surface area contributed by atoms with Crippen LogP contribution in [0.3, 0.4) is 0 Å². The zero-order valence-corrected chi connectivity index (χ0v) is 19.3. The lowest BCUT2D eigenvalue weighted by Gasteiger charge is -2.11. The second-order valence-corrected chi connectivity index (χ2v) is 9.11. The third kappa shape index (κ3) is 23.5. The Hall–Kier alpha value is -0.680. The molecule has 0 spiro atoms. The number of hydrogen-bond donors (Lipinski definition) is 2. The Morgan fingerprint density at radius 1 is 0.828 bits per heavy atom. The molecule has 0 saturated heterocycles. The number of esters is 1. The molecule has 1 atom stereocenters. The summed E-state index contributed by atoms with van der Waals surface area (Å²) in [4.78, 5) is 28.2. The fourth-order valence-electron chi connectivity index (χ4n) is 3.32. The first-order chi connectivity index (χ1) is 13.8. The molecule has 0 radical (unpaired) electrons. The molecule has 0 heterocycles. The Bertz CT molecular complexity index is 449. The van der Waals surface area contributed by atoms with Crippen LogP contribution < -0.4 is 0 Å². The summed E-state index contributed by atoms with van der Waals surface area (Å²) in [7, 11) is -4.28. The summed E-state index contributed by atoms with van der Waals surface area (Å²) in [6.07, 6.45) is 20.2. The fourth-order valence-corrected chi connectivity index (χ4v) is 3.69. The average molecular weight is 435 g/mol. The number of rotatable bonds is 21. The minimum Gasteiger partial charge on any atom is -0.460 e. The largest absolute Gasteiger partial charge is 0.469 e. The van der Waals surface area contributed by atoms with Crippen LogP contribution in [-0.4, -0.2) is 28.5 Å². The minimum absolute atomic E-state index is 0.0117. The van der Waals surface area contributed by atoms with Crippen LogP contribution in [0.1, 0.15) is 110 Å². The monoisotopic (exact) mass is 434 g/mol. The molecule has 7 heteroatoms. The van der Waals surface area contributed by atoms with Gasteiger partial charge < -0.3 is 14.5 Å². The van der Waals surface area contributed by atoms with Crippen molar-refractivity contribution in [2.75, 3.05) is 6.61 Å². The van der Waals surface area contributed by atoms with Gasteiger partial charge in [0.05, 0.1) is 12.7 Å². The molecule has 172 valence electrons. The molecule has 0 aromatic heterocycles. The van der Waals surface area contributed by atoms with Gasteiger partial charge in [-0.05, 0) is 26.2 Å². The fraction of sp³-hybridized carbons (Fsp3) is 0.864. The highest BCUT2D eigenvalue weighted by molar-refractivity contribution is 7.46. The molecule has 6 nitrogen and oxygen atoms in total. The summed E-state index contributed by atoms with van der Waals surface area (Å²) < 4.78 is 20.1. The van der Waals surface area contributed by atoms with Gasteiger partial charge in [0.1, 0.15) is 0 Å². The lowest BCUT2D eigenvalue weighted by Crippen LogP contribution is -2.12. The highest BCUT2D eigenvalue weighted by Crippen LogP contribution is 2.35. The average Bonchev–Trinajstić information content (AvgIpc) is 2.66. The Balaban J connectivity index is 3.16. The molecule has 0 aliphatic carbocycles. The minimum atomic E-state index is -4.28. The number of phosphoric acid groups is 1. The van der Waals surface area contributed by atoms with E-state index in [9.17, 15) is 9.36 Å². The van der Waals surface area contributed by atoms with Crippen LogP contribution in [0.4, 0.5) is 0 Å². The highest BCUT2D eigenvalue weighted by atomic mass is 31.2. The predicted molar refractivity (Wildman–Crippen MR) is 118 cm³/mol. The zero-order valence-electron chi connectivity index (χ0n) is 18.4. The first kappa shape index (κ1) is 28.3. The normalized spacial score (nSPS) is 12.7. The van der Waals surface area contributed by atoms with Gasteiger partial charge in [0, 0.05) is 6.08 Å². The number of carbonyl (C=O) groups is 1. The molecule has 0 aliphatic rings. The second kappa shape index (κ2) is 19.3. The van der Waals surface area contributed by atoms with Gasteiger partial charge in [-0.25, -0.2) is 9.36 Å². The lowest BCUT2D eigenvalue weighted by molar-refractivity contribution is -0.142. The van der Waals surface area contributed by atoms with E-state index in [1.54, 1.807) is 0 Å². The molecule has 0 aromatic rings. The maximum Gasteiger partial charge on any atom is 0.469 e. The lowest BCUT2D eigenvalue weighted by atomic mass is 10.0. The number of unbranched alkanes of at least 4 members (excludes halogenated alkanes) is 14. The summed E-state index contributed by atoms with van der Waals surface area (Å²) in [5, 5.41) is 0. The Morgan fingerprint density at radius 3 is 1.59 bits per heavy atom. The number of ether oxygens (including phenoxy) is 1. The molecule has 0 aliphatic heterocycles. The molecule has 0 bridgehead atoms. The van der Waals surface area contributed by atoms with E-state index >= 15 is 0 Å². The Morgan fingerprint density at radius 2 is 1.21 bits per heavy atom. The van der Waals surface area contributed by atoms with Crippen molar-refractivity contribution in [3.63, 3.8) is 0 Å². The summed E-state index contributed by atoms with van der Waals surface area (Å²) in [5.74, 6) is -0.330. The van der Waals surface area contributed by atoms with E-state index in [-0.39, 0.29) is 18.7 Å². The standard InChI is InChI=1S/C22H43O6P/c1-3-22(23)28-21(2)19-17-15-13-11-9-7-5-4-6-8-10-12-14-16-18-20-27-29(24,25)26/h3,21H,1,4-20H2,2H3,(H2,24,25,26). The van der Waals surface area contributed by atoms with E-state index < -0.39 is 7.82 Å². The van der Waals surface area contributed by atoms with Gasteiger partial charge in [0.15, 0.2) is 0 Å². The van der Waals surface area contributed by atoms with Crippen LogP contribution in [0.2, 0.25) is 0 Å². The maximum atomic E-state index is 11.1. The SMILES string of the molecule is C=CC(=O)OC(C)CCCCCCCCCCCCCCCCCOP(=O)(O)O. The second-order valence-electron chi connectivity index (χ2n) is 7.87. The van der Waals surface area contributed by atoms with Gasteiger partial charge in [-0.3, -0.25) is 4.52 Å². The molecule has 0 fully saturated rings. The number of carbonyl (C=O) groups excluding carboxylic acids is 1. The molecular weight excluding hydrogens is 391 g/mol. The van der Waals surface area contributed by atoms with E-state index in [1.807, 2.05) is 6.92 Å². The van der Waals surface area contributed by atoms with Crippen molar-refractivity contribution in [3.8, 4) is 0 Å². The molecule has 0 rings (SSSR count). The summed E-state index contributed by atoms with van der Waals surface area (Å²) in [6, 6.07) is 0. The van der Waals surface area contributed by atoms with Gasteiger partial charge >= 0.3 is 13.8 Å². The van der Waals surface area contributed by atoms with Crippen LogP contribution in [-0.2, 0) is 18.6 Å². The molecule has 29 heavy (non-hydrogen) atoms. The molecule has 0 saturated carbocycles. The highest BCUT2D eigenvalue weighted by Gasteiger charge is 2.12. The third-order valence-electron chi connectivity index (χ3n) is 5.00. The van der Waals surface area contributed by atoms with Gasteiger partial charge in [-0.1, -0.05) is 90.0 Å². The molecule has 0 aromatic carbocycles. The van der Waals surface area contributed by atoms with Crippen LogP contribution in [0.25, 0.3) is 0 Å². The molecule has 2 N–H and O–H groups in total. The van der Waals surface area contributed by atoms with E-state index in [2.05, 4.69) is 11.1 Å². The van der Waals surface area contributed by atoms with Crippen LogP contribution in [0.5, 0.6) is 0 Å². The van der Waals surface area contributed by atoms with Gasteiger partial charge in [-0.15, -0.1) is 0 Å². The third-order valence-corrected chi connectivity index (χ3v) is 5.52. The Labute approximate surface area is 177 Å². The van der Waals surface area contributed by atoms with Crippen molar-refractivity contribution in [1.29, 1.82) is 0 Å². The van der Waals surface area contributed by atoms with Crippen molar-refractivity contribution in [3.05, 3.63) is 12.7 Å². The molecular formula is C22H43O6P. The first-order valence-electron chi connectivity index (χ1n) is 11.4. The zero-order chi connectivity index (χ0) is 21.8. The van der Waals surface area contributed by atoms with Crippen molar-refractivity contribution >= 4 is 13.8 Å². The smallest absolute Gasteiger partial charge is 0.460 e. The Kier molecular flexibility index (Phi) is 18.8. The van der Waals surface area contributed by atoms with Gasteiger partial charge in [0.25, 0.3) is 0 Å². The summed E-state index contributed by atoms with van der Waals surface area (Å²) >= 11 is 0. The van der Waals surface area contributed by atoms with E-state index in [1.165, 1.54) is 76.7 Å². The molecule has 0 amide bonds. The van der Waals surface area contributed by atoms with Crippen molar-refractivity contribution < 1.29 is 28.4 Å². The topological polar surface area (TPSA) is 93.1 Å². The molecule has 1 unspecified atom stereocenters. The quantitative estimate of drug-likeness (QED) is 0.0932. The maximum absolute atomic E-state index is 11.1. The van der Waals surface area contributed by atoms with E-state index in [4.69, 9.17) is 14.5 Å². The van der Waals surface area contributed by atoms with Crippen LogP contribution >= 0.6 is 7.82 Å². The van der Waals surface area contributed by atoms with Crippen LogP contribution in [0, 0.1) is 0 Å². The van der Waals surface area contributed by atoms with Crippen molar-refractivity contribution in [2.45, 2.75) is 116 Å². The predicted octanol–water partition coefficient (Wildman–Crippen LogP) is 6.46. The number of phosphoric ester groups is 1. The van der Waals surface area contributed by atoms with Gasteiger partial charge in [0.2, 0.25) is 0 Å². The first-order valence-corrected chi connectivity index (χ1v) is 12.9. The van der Waals surface area contributed by atoms with Gasteiger partial charge in [-0.2, -0.15) is 0 Å². The van der Waals surface area contributed by atoms with E-state index in [0.717, 1.165) is 25.7 Å². The summed E-state index contributed by atoms with van der Waals surface area (Å²) in [5.41, 5.74) is 0. The van der Waals surface area contributed by atoms with E-state index in [0.29, 0.717) is 6.42 Å². The van der Waals surface area contributed by atoms with Crippen molar-refractivity contribution in [2.24, 2.45) is 0 Å². The van der Waals surface area contributed by atoms with Crippen molar-refractivity contribution in [1.82, 2.24) is 0 Å². The number of hydrogen-bond acceptors (Lipinski definition) is 4.